The summed E-state index contributed by atoms with van der Waals surface area (Å²) in [5.74, 6) is 0. The molecule has 1 aromatic rings. The van der Waals surface area contributed by atoms with Crippen molar-refractivity contribution in [2.75, 3.05) is 20.1 Å². The highest BCUT2D eigenvalue weighted by molar-refractivity contribution is 5.10. The van der Waals surface area contributed by atoms with Crippen LogP contribution in [-0.4, -0.2) is 35.6 Å². The van der Waals surface area contributed by atoms with Crippen molar-refractivity contribution in [1.29, 1.82) is 0 Å². The lowest BCUT2D eigenvalue weighted by atomic mass is 10.1. The first-order chi connectivity index (χ1) is 8.37. The summed E-state index contributed by atoms with van der Waals surface area (Å²) >= 11 is 0. The van der Waals surface area contributed by atoms with E-state index < -0.39 is 0 Å². The van der Waals surface area contributed by atoms with Crippen LogP contribution in [0.15, 0.2) is 36.7 Å². The molecule has 18 heavy (non-hydrogen) atoms. The molecular weight excluding hydrogens is 222 g/mol. The van der Waals surface area contributed by atoms with E-state index in [1.807, 2.05) is 24.5 Å². The van der Waals surface area contributed by atoms with Gasteiger partial charge in [0.05, 0.1) is 0 Å². The molecule has 1 heterocycles. The van der Waals surface area contributed by atoms with E-state index in [9.17, 15) is 0 Å². The van der Waals surface area contributed by atoms with E-state index >= 15 is 0 Å². The van der Waals surface area contributed by atoms with Gasteiger partial charge < -0.3 is 5.32 Å². The molecule has 0 spiro atoms. The predicted octanol–water partition coefficient (Wildman–Crippen LogP) is 2.46. The lowest BCUT2D eigenvalue weighted by molar-refractivity contribution is 0.346. The van der Waals surface area contributed by atoms with Gasteiger partial charge in [0.15, 0.2) is 0 Å². The largest absolute Gasteiger partial charge is 0.308 e. The fourth-order valence-corrected chi connectivity index (χ4v) is 1.68. The van der Waals surface area contributed by atoms with E-state index in [1.165, 1.54) is 11.1 Å². The van der Waals surface area contributed by atoms with Crippen LogP contribution in [0.4, 0.5) is 0 Å². The molecular formula is C15H25N3. The van der Waals surface area contributed by atoms with Crippen molar-refractivity contribution in [1.82, 2.24) is 15.2 Å². The summed E-state index contributed by atoms with van der Waals surface area (Å²) in [5, 5.41) is 3.45. The Labute approximate surface area is 111 Å². The molecule has 3 heteroatoms. The topological polar surface area (TPSA) is 28.2 Å². The maximum absolute atomic E-state index is 4.12. The summed E-state index contributed by atoms with van der Waals surface area (Å²) in [6.07, 6.45) is 3.66. The summed E-state index contributed by atoms with van der Waals surface area (Å²) < 4.78 is 0. The average molecular weight is 247 g/mol. The van der Waals surface area contributed by atoms with Crippen molar-refractivity contribution in [3.8, 4) is 0 Å². The smallest absolute Gasteiger partial charge is 0.0271 e. The Morgan fingerprint density at radius 2 is 1.94 bits per heavy atom. The third kappa shape index (κ3) is 6.52. The van der Waals surface area contributed by atoms with E-state index in [0.717, 1.165) is 19.6 Å². The second kappa shape index (κ2) is 6.66. The highest BCUT2D eigenvalue weighted by atomic mass is 15.1. The van der Waals surface area contributed by atoms with E-state index in [-0.39, 0.29) is 5.54 Å². The number of rotatable bonds is 6. The van der Waals surface area contributed by atoms with E-state index in [0.29, 0.717) is 0 Å². The molecule has 0 bridgehead atoms. The predicted molar refractivity (Wildman–Crippen MR) is 77.5 cm³/mol. The van der Waals surface area contributed by atoms with Crippen LogP contribution >= 0.6 is 0 Å². The summed E-state index contributed by atoms with van der Waals surface area (Å²) in [6, 6.07) is 4.10. The van der Waals surface area contributed by atoms with Crippen LogP contribution in [0.25, 0.3) is 0 Å². The van der Waals surface area contributed by atoms with Gasteiger partial charge in [-0.2, -0.15) is 0 Å². The number of hydrogen-bond acceptors (Lipinski definition) is 3. The molecule has 0 aliphatic carbocycles. The number of likely N-dealkylation sites (N-methyl/N-ethyl adjacent to an activating group) is 1. The molecule has 0 fully saturated rings. The maximum atomic E-state index is 4.12. The number of nitrogens with zero attached hydrogens (tertiary/aromatic N) is 2. The molecule has 0 aromatic carbocycles. The van der Waals surface area contributed by atoms with Crippen LogP contribution in [0.2, 0.25) is 0 Å². The normalized spacial score (nSPS) is 11.8. The molecule has 0 aliphatic heterocycles. The van der Waals surface area contributed by atoms with Crippen LogP contribution in [0.5, 0.6) is 0 Å². The molecule has 100 valence electrons. The van der Waals surface area contributed by atoms with E-state index in [2.05, 4.69) is 49.6 Å². The molecule has 0 radical (unpaired) electrons. The number of pyridine rings is 1. The molecule has 3 nitrogen and oxygen atoms in total. The third-order valence-electron chi connectivity index (χ3n) is 2.56. The summed E-state index contributed by atoms with van der Waals surface area (Å²) in [7, 11) is 2.11. The Bertz CT molecular complexity index is 365. The lowest BCUT2D eigenvalue weighted by Crippen LogP contribution is -2.38. The Hall–Kier alpha value is -1.19. The first-order valence-corrected chi connectivity index (χ1v) is 6.36. The zero-order valence-electron chi connectivity index (χ0n) is 12.0. The minimum Gasteiger partial charge on any atom is -0.308 e. The zero-order valence-corrected chi connectivity index (χ0v) is 12.0. The number of nitrogens with one attached hydrogen (secondary N) is 1. The van der Waals surface area contributed by atoms with E-state index in [1.54, 1.807) is 0 Å². The minimum absolute atomic E-state index is 0.145. The second-order valence-electron chi connectivity index (χ2n) is 5.88. The van der Waals surface area contributed by atoms with Crippen LogP contribution in [0.3, 0.4) is 0 Å². The summed E-state index contributed by atoms with van der Waals surface area (Å²) in [4.78, 5) is 6.29. The Balaban J connectivity index is 2.32. The molecule has 0 saturated carbocycles. The quantitative estimate of drug-likeness (QED) is 0.783. The Kier molecular flexibility index (Phi) is 5.51. The second-order valence-corrected chi connectivity index (χ2v) is 5.88. The van der Waals surface area contributed by atoms with Gasteiger partial charge in [-0.25, -0.2) is 0 Å². The van der Waals surface area contributed by atoms with Crippen molar-refractivity contribution >= 4 is 0 Å². The molecule has 1 aromatic heterocycles. The molecule has 0 amide bonds. The lowest BCUT2D eigenvalue weighted by Gasteiger charge is -2.23. The third-order valence-corrected chi connectivity index (χ3v) is 2.56. The summed E-state index contributed by atoms with van der Waals surface area (Å²) in [6.45, 7) is 13.3. The molecule has 1 rings (SSSR count). The first kappa shape index (κ1) is 14.9. The van der Waals surface area contributed by atoms with Gasteiger partial charge in [-0.15, -0.1) is 0 Å². The van der Waals surface area contributed by atoms with Crippen molar-refractivity contribution in [3.63, 3.8) is 0 Å². The van der Waals surface area contributed by atoms with Gasteiger partial charge in [-0.1, -0.05) is 6.58 Å². The van der Waals surface area contributed by atoms with Gasteiger partial charge in [-0.05, 0) is 51.1 Å². The molecule has 0 aliphatic rings. The number of hydrogen-bond donors (Lipinski definition) is 1. The standard InChI is InChI=1S/C15H25N3/c1-13(10-17-15(2,3)4)11-18(5)12-14-6-8-16-9-7-14/h6-9,17H,1,10-12H2,2-5H3. The molecule has 0 unspecified atom stereocenters. The highest BCUT2D eigenvalue weighted by Gasteiger charge is 2.09. The van der Waals surface area contributed by atoms with E-state index in [4.69, 9.17) is 0 Å². The molecule has 0 saturated heterocycles. The minimum atomic E-state index is 0.145. The van der Waals surface area contributed by atoms with Gasteiger partial charge >= 0.3 is 0 Å². The van der Waals surface area contributed by atoms with Crippen LogP contribution in [-0.2, 0) is 6.54 Å². The van der Waals surface area contributed by atoms with Crippen LogP contribution in [0, 0.1) is 0 Å². The van der Waals surface area contributed by atoms with Gasteiger partial charge in [0.2, 0.25) is 0 Å². The Morgan fingerprint density at radius 3 is 2.50 bits per heavy atom. The monoisotopic (exact) mass is 247 g/mol. The van der Waals surface area contributed by atoms with Crippen LogP contribution in [0.1, 0.15) is 26.3 Å². The van der Waals surface area contributed by atoms with Crippen molar-refractivity contribution in [3.05, 3.63) is 42.2 Å². The first-order valence-electron chi connectivity index (χ1n) is 6.36. The zero-order chi connectivity index (χ0) is 13.6. The molecule has 1 N–H and O–H groups in total. The Morgan fingerprint density at radius 1 is 1.33 bits per heavy atom. The molecule has 0 atom stereocenters. The average Bonchev–Trinajstić information content (AvgIpc) is 2.26. The van der Waals surface area contributed by atoms with Crippen LogP contribution < -0.4 is 5.32 Å². The van der Waals surface area contributed by atoms with Gasteiger partial charge in [0, 0.05) is 37.6 Å². The van der Waals surface area contributed by atoms with Gasteiger partial charge in [-0.3, -0.25) is 9.88 Å². The fourth-order valence-electron chi connectivity index (χ4n) is 1.68. The summed E-state index contributed by atoms with van der Waals surface area (Å²) in [5.41, 5.74) is 2.64. The van der Waals surface area contributed by atoms with Gasteiger partial charge in [0.25, 0.3) is 0 Å². The number of aromatic nitrogens is 1. The van der Waals surface area contributed by atoms with Gasteiger partial charge in [0.1, 0.15) is 0 Å². The SMILES string of the molecule is C=C(CNC(C)(C)C)CN(C)Cc1ccncc1. The maximum Gasteiger partial charge on any atom is 0.0271 e. The highest BCUT2D eigenvalue weighted by Crippen LogP contribution is 2.04. The van der Waals surface area contributed by atoms with Crippen molar-refractivity contribution in [2.45, 2.75) is 32.9 Å². The van der Waals surface area contributed by atoms with Crippen molar-refractivity contribution in [2.24, 2.45) is 0 Å². The van der Waals surface area contributed by atoms with Crippen molar-refractivity contribution < 1.29 is 0 Å². The fraction of sp³-hybridized carbons (Fsp3) is 0.533.